The Balaban J connectivity index is 3.01. The molecule has 0 aliphatic heterocycles. The van der Waals surface area contributed by atoms with Gasteiger partial charge in [0.25, 0.3) is 0 Å². The monoisotopic (exact) mass is 182 g/mol. The minimum Gasteiger partial charge on any atom is -0.393 e. The Morgan fingerprint density at radius 2 is 1.92 bits per heavy atom. The molecule has 0 aliphatic rings. The predicted octanol–water partition coefficient (Wildman–Crippen LogP) is 2.62. The summed E-state index contributed by atoms with van der Waals surface area (Å²) in [5.74, 6) is -0.381. The van der Waals surface area contributed by atoms with Crippen LogP contribution in [-0.2, 0) is 0 Å². The van der Waals surface area contributed by atoms with Gasteiger partial charge in [0.05, 0.1) is 6.10 Å². The fourth-order valence-corrected chi connectivity index (χ4v) is 1.26. The number of halogens is 1. The minimum absolute atomic E-state index is 0.152. The summed E-state index contributed by atoms with van der Waals surface area (Å²) in [5, 5.41) is 9.30. The first-order valence-electron chi connectivity index (χ1n) is 4.46. The fourth-order valence-electron chi connectivity index (χ4n) is 1.26. The number of rotatable bonds is 2. The van der Waals surface area contributed by atoms with E-state index in [2.05, 4.69) is 0 Å². The Kier molecular flexibility index (Phi) is 3.04. The molecule has 2 heteroatoms. The molecule has 0 spiro atoms. The molecule has 1 nitrogen and oxygen atoms in total. The van der Waals surface area contributed by atoms with Crippen LogP contribution in [0, 0.1) is 12.7 Å². The third kappa shape index (κ3) is 2.28. The Morgan fingerprint density at radius 1 is 1.31 bits per heavy atom. The maximum Gasteiger partial charge on any atom is 0.127 e. The van der Waals surface area contributed by atoms with Crippen molar-refractivity contribution in [3.05, 3.63) is 35.1 Å². The standard InChI is InChI=1S/C11H15FO/c1-7-4-5-10(11(12)6-7)8(2)9(3)13/h4-6,8-9,13H,1-3H3. The minimum atomic E-state index is -0.516. The van der Waals surface area contributed by atoms with Gasteiger partial charge in [0.2, 0.25) is 0 Å². The molecule has 2 unspecified atom stereocenters. The molecule has 0 saturated carbocycles. The lowest BCUT2D eigenvalue weighted by Crippen LogP contribution is -2.12. The van der Waals surface area contributed by atoms with Crippen LogP contribution < -0.4 is 0 Å². The van der Waals surface area contributed by atoms with E-state index in [0.717, 1.165) is 5.56 Å². The molecular formula is C11H15FO. The highest BCUT2D eigenvalue weighted by Gasteiger charge is 2.15. The van der Waals surface area contributed by atoms with E-state index in [-0.39, 0.29) is 11.7 Å². The summed E-state index contributed by atoms with van der Waals surface area (Å²) in [7, 11) is 0. The van der Waals surface area contributed by atoms with Gasteiger partial charge in [0.1, 0.15) is 5.82 Å². The molecular weight excluding hydrogens is 167 g/mol. The number of benzene rings is 1. The van der Waals surface area contributed by atoms with Crippen molar-refractivity contribution < 1.29 is 9.50 Å². The number of hydrogen-bond donors (Lipinski definition) is 1. The second kappa shape index (κ2) is 3.88. The third-order valence-corrected chi connectivity index (χ3v) is 2.37. The van der Waals surface area contributed by atoms with Crippen molar-refractivity contribution in [1.29, 1.82) is 0 Å². The molecule has 2 atom stereocenters. The molecule has 72 valence electrons. The molecule has 0 radical (unpaired) electrons. The van der Waals surface area contributed by atoms with Crippen LogP contribution in [0.25, 0.3) is 0 Å². The molecule has 0 aromatic heterocycles. The zero-order valence-electron chi connectivity index (χ0n) is 8.21. The van der Waals surface area contributed by atoms with Crippen molar-refractivity contribution in [1.82, 2.24) is 0 Å². The normalized spacial score (nSPS) is 15.5. The van der Waals surface area contributed by atoms with Crippen molar-refractivity contribution in [2.75, 3.05) is 0 Å². The molecule has 0 saturated heterocycles. The molecule has 0 aliphatic carbocycles. The molecule has 0 bridgehead atoms. The van der Waals surface area contributed by atoms with Gasteiger partial charge >= 0.3 is 0 Å². The lowest BCUT2D eigenvalue weighted by Gasteiger charge is -2.15. The van der Waals surface area contributed by atoms with Gasteiger partial charge in [-0.1, -0.05) is 19.1 Å². The Hall–Kier alpha value is -0.890. The average Bonchev–Trinajstić information content (AvgIpc) is 2.03. The van der Waals surface area contributed by atoms with Crippen LogP contribution in [0.1, 0.15) is 30.9 Å². The lowest BCUT2D eigenvalue weighted by atomic mass is 9.95. The summed E-state index contributed by atoms with van der Waals surface area (Å²) in [6, 6.07) is 5.09. The molecule has 0 heterocycles. The second-order valence-corrected chi connectivity index (χ2v) is 3.55. The summed E-state index contributed by atoms with van der Waals surface area (Å²) in [5.41, 5.74) is 1.49. The Labute approximate surface area is 78.2 Å². The number of aryl methyl sites for hydroxylation is 1. The summed E-state index contributed by atoms with van der Waals surface area (Å²) in [6.45, 7) is 5.34. The second-order valence-electron chi connectivity index (χ2n) is 3.55. The van der Waals surface area contributed by atoms with E-state index in [1.165, 1.54) is 6.07 Å². The SMILES string of the molecule is Cc1ccc(C(C)C(C)O)c(F)c1. The van der Waals surface area contributed by atoms with Crippen molar-refractivity contribution in [3.8, 4) is 0 Å². The van der Waals surface area contributed by atoms with Gasteiger partial charge in [-0.05, 0) is 31.0 Å². The highest BCUT2D eigenvalue weighted by atomic mass is 19.1. The first kappa shape index (κ1) is 10.2. The van der Waals surface area contributed by atoms with E-state index in [0.29, 0.717) is 5.56 Å². The van der Waals surface area contributed by atoms with E-state index >= 15 is 0 Å². The first-order valence-corrected chi connectivity index (χ1v) is 4.46. The van der Waals surface area contributed by atoms with Crippen molar-refractivity contribution >= 4 is 0 Å². The Bertz CT molecular complexity index is 294. The van der Waals surface area contributed by atoms with Gasteiger partial charge in [-0.2, -0.15) is 0 Å². The lowest BCUT2D eigenvalue weighted by molar-refractivity contribution is 0.167. The summed E-state index contributed by atoms with van der Waals surface area (Å²) >= 11 is 0. The molecule has 1 aromatic rings. The predicted molar refractivity (Wildman–Crippen MR) is 51.2 cm³/mol. The number of hydrogen-bond acceptors (Lipinski definition) is 1. The van der Waals surface area contributed by atoms with Crippen LogP contribution in [0.5, 0.6) is 0 Å². The number of aliphatic hydroxyl groups excluding tert-OH is 1. The molecule has 0 fully saturated rings. The van der Waals surface area contributed by atoms with Crippen LogP contribution in [0.3, 0.4) is 0 Å². The van der Waals surface area contributed by atoms with Gasteiger partial charge in [0, 0.05) is 5.92 Å². The van der Waals surface area contributed by atoms with Crippen LogP contribution in [-0.4, -0.2) is 11.2 Å². The quantitative estimate of drug-likeness (QED) is 0.745. The van der Waals surface area contributed by atoms with E-state index in [4.69, 9.17) is 0 Å². The molecule has 13 heavy (non-hydrogen) atoms. The summed E-state index contributed by atoms with van der Waals surface area (Å²) in [6.07, 6.45) is -0.516. The molecule has 1 rings (SSSR count). The highest BCUT2D eigenvalue weighted by Crippen LogP contribution is 2.22. The van der Waals surface area contributed by atoms with Gasteiger partial charge < -0.3 is 5.11 Å². The van der Waals surface area contributed by atoms with Crippen LogP contribution in [0.4, 0.5) is 4.39 Å². The molecule has 1 aromatic carbocycles. The zero-order valence-corrected chi connectivity index (χ0v) is 8.21. The maximum atomic E-state index is 13.4. The average molecular weight is 182 g/mol. The van der Waals surface area contributed by atoms with E-state index in [9.17, 15) is 9.50 Å². The van der Waals surface area contributed by atoms with E-state index < -0.39 is 6.10 Å². The van der Waals surface area contributed by atoms with Crippen LogP contribution >= 0.6 is 0 Å². The summed E-state index contributed by atoms with van der Waals surface area (Å²) in [4.78, 5) is 0. The van der Waals surface area contributed by atoms with Crippen LogP contribution in [0.15, 0.2) is 18.2 Å². The first-order chi connectivity index (χ1) is 6.02. The molecule has 0 amide bonds. The fraction of sp³-hybridized carbons (Fsp3) is 0.455. The largest absolute Gasteiger partial charge is 0.393 e. The zero-order chi connectivity index (χ0) is 10.0. The smallest absolute Gasteiger partial charge is 0.127 e. The van der Waals surface area contributed by atoms with Crippen molar-refractivity contribution in [2.45, 2.75) is 32.8 Å². The van der Waals surface area contributed by atoms with Crippen LogP contribution in [0.2, 0.25) is 0 Å². The highest BCUT2D eigenvalue weighted by molar-refractivity contribution is 5.26. The topological polar surface area (TPSA) is 20.2 Å². The number of aliphatic hydroxyl groups is 1. The van der Waals surface area contributed by atoms with Crippen molar-refractivity contribution in [3.63, 3.8) is 0 Å². The third-order valence-electron chi connectivity index (χ3n) is 2.37. The Morgan fingerprint density at radius 3 is 2.38 bits per heavy atom. The molecule has 1 N–H and O–H groups in total. The van der Waals surface area contributed by atoms with Gasteiger partial charge in [-0.25, -0.2) is 4.39 Å². The summed E-state index contributed by atoms with van der Waals surface area (Å²) < 4.78 is 13.4. The van der Waals surface area contributed by atoms with Gasteiger partial charge in [0.15, 0.2) is 0 Å². The van der Waals surface area contributed by atoms with E-state index in [1.54, 1.807) is 13.0 Å². The van der Waals surface area contributed by atoms with Gasteiger partial charge in [-0.3, -0.25) is 0 Å². The van der Waals surface area contributed by atoms with Gasteiger partial charge in [-0.15, -0.1) is 0 Å². The maximum absolute atomic E-state index is 13.4. The van der Waals surface area contributed by atoms with Crippen molar-refractivity contribution in [2.24, 2.45) is 0 Å². The van der Waals surface area contributed by atoms with E-state index in [1.807, 2.05) is 19.9 Å².